The Hall–Kier alpha value is -0.870. The fourth-order valence-electron chi connectivity index (χ4n) is 2.02. The van der Waals surface area contributed by atoms with E-state index in [1.165, 1.54) is 0 Å². The van der Waals surface area contributed by atoms with Gasteiger partial charge >= 0.3 is 0 Å². The minimum atomic E-state index is -0.222. The maximum Gasteiger partial charge on any atom is 0.229 e. The molecule has 2 heterocycles. The van der Waals surface area contributed by atoms with Gasteiger partial charge in [-0.3, -0.25) is 4.79 Å². The highest BCUT2D eigenvalue weighted by Gasteiger charge is 2.25. The number of thiophene rings is 1. The lowest BCUT2D eigenvalue weighted by molar-refractivity contribution is -0.134. The van der Waals surface area contributed by atoms with Gasteiger partial charge in [0.1, 0.15) is 0 Å². The summed E-state index contributed by atoms with van der Waals surface area (Å²) in [6.07, 6.45) is 1.20. The molecule has 1 aromatic heterocycles. The fourth-order valence-corrected chi connectivity index (χ4v) is 2.78. The minimum Gasteiger partial charge on any atom is -0.393 e. The highest BCUT2D eigenvalue weighted by atomic mass is 32.1. The summed E-state index contributed by atoms with van der Waals surface area (Å²) < 4.78 is 0. The number of carbonyl (C=O) groups is 1. The first-order valence-corrected chi connectivity index (χ1v) is 6.61. The van der Waals surface area contributed by atoms with Crippen LogP contribution in [0.25, 0.3) is 0 Å². The Kier molecular flexibility index (Phi) is 3.61. The molecule has 1 fully saturated rings. The Morgan fingerprint density at radius 1 is 1.56 bits per heavy atom. The lowest BCUT2D eigenvalue weighted by Gasteiger charge is -2.31. The number of piperidine rings is 1. The van der Waals surface area contributed by atoms with Crippen molar-refractivity contribution >= 4 is 17.2 Å². The molecule has 1 saturated heterocycles. The highest BCUT2D eigenvalue weighted by Crippen LogP contribution is 2.22. The Morgan fingerprint density at radius 2 is 2.25 bits per heavy atom. The van der Waals surface area contributed by atoms with Gasteiger partial charge in [0.2, 0.25) is 5.91 Å². The number of likely N-dealkylation sites (tertiary alicyclic amines) is 1. The van der Waals surface area contributed by atoms with Crippen molar-refractivity contribution < 1.29 is 9.90 Å². The highest BCUT2D eigenvalue weighted by molar-refractivity contribution is 7.08. The van der Waals surface area contributed by atoms with Crippen LogP contribution in [0.15, 0.2) is 16.8 Å². The standard InChI is InChI=1S/C12H17NO2S/c1-9(10-4-7-16-8-10)12(15)13-5-2-11(14)3-6-13/h4,7-9,11,14H,2-3,5-6H2,1H3. The van der Waals surface area contributed by atoms with Crippen molar-refractivity contribution in [3.05, 3.63) is 22.4 Å². The molecular formula is C12H17NO2S. The molecule has 1 aliphatic heterocycles. The lowest BCUT2D eigenvalue weighted by atomic mass is 10.0. The summed E-state index contributed by atoms with van der Waals surface area (Å²) in [5.74, 6) is 0.131. The van der Waals surface area contributed by atoms with Crippen molar-refractivity contribution in [2.45, 2.75) is 31.8 Å². The first-order chi connectivity index (χ1) is 7.68. The maximum absolute atomic E-state index is 12.2. The molecule has 1 atom stereocenters. The average molecular weight is 239 g/mol. The van der Waals surface area contributed by atoms with Crippen molar-refractivity contribution in [1.82, 2.24) is 4.90 Å². The van der Waals surface area contributed by atoms with E-state index in [4.69, 9.17) is 0 Å². The van der Waals surface area contributed by atoms with Crippen molar-refractivity contribution in [1.29, 1.82) is 0 Å². The average Bonchev–Trinajstić information content (AvgIpc) is 2.81. The van der Waals surface area contributed by atoms with Crippen molar-refractivity contribution in [2.24, 2.45) is 0 Å². The normalized spacial score (nSPS) is 19.8. The molecule has 2 rings (SSSR count). The molecular weight excluding hydrogens is 222 g/mol. The van der Waals surface area contributed by atoms with Crippen LogP contribution in [0.3, 0.4) is 0 Å². The van der Waals surface area contributed by atoms with E-state index in [9.17, 15) is 9.90 Å². The molecule has 0 bridgehead atoms. The van der Waals surface area contributed by atoms with Crippen LogP contribution in [0.2, 0.25) is 0 Å². The van der Waals surface area contributed by atoms with Gasteiger partial charge < -0.3 is 10.0 Å². The summed E-state index contributed by atoms with van der Waals surface area (Å²) in [6.45, 7) is 3.33. The number of rotatable bonds is 2. The molecule has 1 unspecified atom stereocenters. The molecule has 1 N–H and O–H groups in total. The zero-order chi connectivity index (χ0) is 11.5. The summed E-state index contributed by atoms with van der Waals surface area (Å²) in [6, 6.07) is 2.01. The van der Waals surface area contributed by atoms with Gasteiger partial charge in [-0.05, 0) is 42.2 Å². The van der Waals surface area contributed by atoms with Crippen LogP contribution in [-0.2, 0) is 4.79 Å². The molecule has 1 aliphatic rings. The van der Waals surface area contributed by atoms with Gasteiger partial charge in [0.25, 0.3) is 0 Å². The zero-order valence-electron chi connectivity index (χ0n) is 9.43. The first-order valence-electron chi connectivity index (χ1n) is 5.67. The van der Waals surface area contributed by atoms with E-state index < -0.39 is 0 Å². The monoisotopic (exact) mass is 239 g/mol. The molecule has 88 valence electrons. The molecule has 16 heavy (non-hydrogen) atoms. The Morgan fingerprint density at radius 3 is 2.81 bits per heavy atom. The largest absolute Gasteiger partial charge is 0.393 e. The molecule has 0 spiro atoms. The van der Waals surface area contributed by atoms with Gasteiger partial charge in [0.05, 0.1) is 12.0 Å². The number of carbonyl (C=O) groups excluding carboxylic acids is 1. The van der Waals surface area contributed by atoms with Gasteiger partial charge in [-0.25, -0.2) is 0 Å². The van der Waals surface area contributed by atoms with E-state index in [1.807, 2.05) is 28.7 Å². The van der Waals surface area contributed by atoms with E-state index in [2.05, 4.69) is 0 Å². The Balaban J connectivity index is 1.97. The van der Waals surface area contributed by atoms with Crippen molar-refractivity contribution in [3.8, 4) is 0 Å². The Labute approximate surface area is 99.7 Å². The van der Waals surface area contributed by atoms with Gasteiger partial charge in [0.15, 0.2) is 0 Å². The SMILES string of the molecule is CC(C(=O)N1CCC(O)CC1)c1ccsc1. The number of hydrogen-bond donors (Lipinski definition) is 1. The third-order valence-electron chi connectivity index (χ3n) is 3.19. The third kappa shape index (κ3) is 2.44. The first kappa shape index (κ1) is 11.6. The third-order valence-corrected chi connectivity index (χ3v) is 3.89. The number of aliphatic hydroxyl groups excluding tert-OH is 1. The van der Waals surface area contributed by atoms with Crippen molar-refractivity contribution in [2.75, 3.05) is 13.1 Å². The van der Waals surface area contributed by atoms with E-state index in [0.717, 1.165) is 5.56 Å². The smallest absolute Gasteiger partial charge is 0.229 e. The second-order valence-electron chi connectivity index (χ2n) is 4.33. The molecule has 0 aliphatic carbocycles. The number of nitrogens with zero attached hydrogens (tertiary/aromatic N) is 1. The van der Waals surface area contributed by atoms with Gasteiger partial charge in [0, 0.05) is 13.1 Å². The molecule has 0 saturated carbocycles. The van der Waals surface area contributed by atoms with E-state index in [1.54, 1.807) is 11.3 Å². The molecule has 0 radical (unpaired) electrons. The van der Waals surface area contributed by atoms with Gasteiger partial charge in [-0.2, -0.15) is 11.3 Å². The summed E-state index contributed by atoms with van der Waals surface area (Å²) in [5.41, 5.74) is 1.10. The topological polar surface area (TPSA) is 40.5 Å². The fraction of sp³-hybridized carbons (Fsp3) is 0.583. The molecule has 0 aromatic carbocycles. The van der Waals surface area contributed by atoms with Crippen LogP contribution in [0, 0.1) is 0 Å². The van der Waals surface area contributed by atoms with Gasteiger partial charge in [-0.1, -0.05) is 0 Å². The predicted molar refractivity (Wildman–Crippen MR) is 64.6 cm³/mol. The number of aliphatic hydroxyl groups is 1. The van der Waals surface area contributed by atoms with Crippen LogP contribution in [-0.4, -0.2) is 35.1 Å². The summed E-state index contributed by atoms with van der Waals surface area (Å²) in [5, 5.41) is 13.4. The van der Waals surface area contributed by atoms with Crippen LogP contribution in [0.4, 0.5) is 0 Å². The van der Waals surface area contributed by atoms with Crippen molar-refractivity contribution in [3.63, 3.8) is 0 Å². The summed E-state index contributed by atoms with van der Waals surface area (Å²) in [4.78, 5) is 14.0. The molecule has 4 heteroatoms. The zero-order valence-corrected chi connectivity index (χ0v) is 10.2. The maximum atomic E-state index is 12.2. The van der Waals surface area contributed by atoms with Crippen LogP contribution in [0.1, 0.15) is 31.2 Å². The minimum absolute atomic E-state index is 0.0542. The van der Waals surface area contributed by atoms with Crippen LogP contribution < -0.4 is 0 Å². The number of amides is 1. The lowest BCUT2D eigenvalue weighted by Crippen LogP contribution is -2.41. The molecule has 1 aromatic rings. The second-order valence-corrected chi connectivity index (χ2v) is 5.11. The summed E-state index contributed by atoms with van der Waals surface area (Å²) >= 11 is 1.62. The van der Waals surface area contributed by atoms with Crippen LogP contribution >= 0.6 is 11.3 Å². The Bertz CT molecular complexity index is 342. The van der Waals surface area contributed by atoms with E-state index in [-0.39, 0.29) is 17.9 Å². The van der Waals surface area contributed by atoms with Gasteiger partial charge in [-0.15, -0.1) is 0 Å². The molecule has 3 nitrogen and oxygen atoms in total. The van der Waals surface area contributed by atoms with E-state index in [0.29, 0.717) is 25.9 Å². The molecule has 1 amide bonds. The quantitative estimate of drug-likeness (QED) is 0.855. The number of hydrogen-bond acceptors (Lipinski definition) is 3. The summed E-state index contributed by atoms with van der Waals surface area (Å²) in [7, 11) is 0. The van der Waals surface area contributed by atoms with E-state index >= 15 is 0 Å². The second kappa shape index (κ2) is 4.97. The predicted octanol–water partition coefficient (Wildman–Crippen LogP) is 1.83. The van der Waals surface area contributed by atoms with Crippen LogP contribution in [0.5, 0.6) is 0 Å².